The molecule has 0 saturated heterocycles. The summed E-state index contributed by atoms with van der Waals surface area (Å²) in [6, 6.07) is 8.17. The number of aromatic nitrogens is 2. The summed E-state index contributed by atoms with van der Waals surface area (Å²) in [5, 5.41) is 0. The van der Waals surface area contributed by atoms with Gasteiger partial charge in [0.05, 0.1) is 5.69 Å². The van der Waals surface area contributed by atoms with Crippen molar-refractivity contribution in [3.63, 3.8) is 0 Å². The maximum Gasteiger partial charge on any atom is 0.117 e. The van der Waals surface area contributed by atoms with Crippen LogP contribution in [0.3, 0.4) is 0 Å². The molecule has 15 heavy (non-hydrogen) atoms. The molecule has 1 heterocycles. The van der Waals surface area contributed by atoms with Gasteiger partial charge in [-0.1, -0.05) is 18.2 Å². The van der Waals surface area contributed by atoms with Crippen molar-refractivity contribution in [1.29, 1.82) is 0 Å². The van der Waals surface area contributed by atoms with Crippen LogP contribution in [-0.2, 0) is 0 Å². The first-order chi connectivity index (χ1) is 7.18. The van der Waals surface area contributed by atoms with Crippen molar-refractivity contribution in [2.75, 3.05) is 0 Å². The molecule has 0 bridgehead atoms. The summed E-state index contributed by atoms with van der Waals surface area (Å²) < 4.78 is 0.813. The van der Waals surface area contributed by atoms with Crippen LogP contribution in [-0.4, -0.2) is 9.97 Å². The van der Waals surface area contributed by atoms with Crippen molar-refractivity contribution in [2.45, 2.75) is 13.8 Å². The lowest BCUT2D eigenvalue weighted by molar-refractivity contribution is 1.14. The van der Waals surface area contributed by atoms with Crippen LogP contribution in [0.1, 0.15) is 11.1 Å². The molecule has 0 aliphatic rings. The third kappa shape index (κ3) is 2.07. The second-order valence-electron chi connectivity index (χ2n) is 3.47. The molecule has 0 spiro atoms. The van der Waals surface area contributed by atoms with Gasteiger partial charge in [0.15, 0.2) is 0 Å². The summed E-state index contributed by atoms with van der Waals surface area (Å²) >= 11 is 3.35. The Bertz CT molecular complexity index is 495. The summed E-state index contributed by atoms with van der Waals surface area (Å²) in [4.78, 5) is 8.29. The van der Waals surface area contributed by atoms with Gasteiger partial charge in [0.25, 0.3) is 0 Å². The molecule has 3 heteroatoms. The molecule has 0 unspecified atom stereocenters. The fraction of sp³-hybridized carbons (Fsp3) is 0.167. The standard InChI is InChI=1S/C12H11BrN2/c1-8-4-3-5-10(9(8)2)11-6-12(13)15-7-14-11/h3-7H,1-2H3. The number of rotatable bonds is 1. The molecule has 0 atom stereocenters. The van der Waals surface area contributed by atoms with E-state index >= 15 is 0 Å². The monoisotopic (exact) mass is 262 g/mol. The summed E-state index contributed by atoms with van der Waals surface area (Å²) in [5.74, 6) is 0. The normalized spacial score (nSPS) is 10.3. The zero-order valence-corrected chi connectivity index (χ0v) is 10.2. The van der Waals surface area contributed by atoms with Crippen LogP contribution in [0, 0.1) is 13.8 Å². The number of nitrogens with zero attached hydrogens (tertiary/aromatic N) is 2. The van der Waals surface area contributed by atoms with E-state index in [2.05, 4.69) is 51.9 Å². The highest BCUT2D eigenvalue weighted by molar-refractivity contribution is 9.10. The van der Waals surface area contributed by atoms with Crippen LogP contribution in [0.5, 0.6) is 0 Å². The lowest BCUT2D eigenvalue weighted by Crippen LogP contribution is -1.90. The first-order valence-electron chi connectivity index (χ1n) is 4.72. The fourth-order valence-corrected chi connectivity index (χ4v) is 1.82. The number of benzene rings is 1. The molecule has 0 amide bonds. The van der Waals surface area contributed by atoms with E-state index in [9.17, 15) is 0 Å². The van der Waals surface area contributed by atoms with Crippen LogP contribution in [0.4, 0.5) is 0 Å². The second-order valence-corrected chi connectivity index (χ2v) is 4.29. The van der Waals surface area contributed by atoms with Crippen molar-refractivity contribution < 1.29 is 0 Å². The molecule has 0 saturated carbocycles. The van der Waals surface area contributed by atoms with E-state index in [1.807, 2.05) is 12.1 Å². The van der Waals surface area contributed by atoms with Gasteiger partial charge in [0.2, 0.25) is 0 Å². The maximum absolute atomic E-state index is 4.27. The average Bonchev–Trinajstić information content (AvgIpc) is 2.22. The van der Waals surface area contributed by atoms with Crippen LogP contribution in [0.15, 0.2) is 35.2 Å². The van der Waals surface area contributed by atoms with Gasteiger partial charge >= 0.3 is 0 Å². The molecule has 76 valence electrons. The highest BCUT2D eigenvalue weighted by Gasteiger charge is 2.05. The Labute approximate surface area is 97.5 Å². The van der Waals surface area contributed by atoms with Gasteiger partial charge in [-0.2, -0.15) is 0 Å². The summed E-state index contributed by atoms with van der Waals surface area (Å²) in [6.07, 6.45) is 1.57. The van der Waals surface area contributed by atoms with Crippen molar-refractivity contribution >= 4 is 15.9 Å². The first kappa shape index (κ1) is 10.3. The van der Waals surface area contributed by atoms with Crippen molar-refractivity contribution in [3.05, 3.63) is 46.3 Å². The molecule has 2 rings (SSSR count). The van der Waals surface area contributed by atoms with Gasteiger partial charge in [0.1, 0.15) is 10.9 Å². The molecular weight excluding hydrogens is 252 g/mol. The Kier molecular flexibility index (Phi) is 2.82. The number of halogens is 1. The molecule has 2 aromatic rings. The van der Waals surface area contributed by atoms with Crippen molar-refractivity contribution in [1.82, 2.24) is 9.97 Å². The summed E-state index contributed by atoms with van der Waals surface area (Å²) in [6.45, 7) is 4.22. The Hall–Kier alpha value is -1.22. The van der Waals surface area contributed by atoms with E-state index in [1.54, 1.807) is 6.33 Å². The molecule has 0 fully saturated rings. The quantitative estimate of drug-likeness (QED) is 0.735. The fourth-order valence-electron chi connectivity index (χ4n) is 1.51. The third-order valence-corrected chi connectivity index (χ3v) is 2.95. The van der Waals surface area contributed by atoms with Gasteiger partial charge in [0, 0.05) is 5.56 Å². The van der Waals surface area contributed by atoms with Gasteiger partial charge in [-0.15, -0.1) is 0 Å². The largest absolute Gasteiger partial charge is 0.236 e. The van der Waals surface area contributed by atoms with Gasteiger partial charge in [-0.05, 0) is 47.0 Å². The van der Waals surface area contributed by atoms with Gasteiger partial charge in [-0.25, -0.2) is 9.97 Å². The molecule has 1 aromatic carbocycles. The number of aryl methyl sites for hydroxylation is 1. The summed E-state index contributed by atoms with van der Waals surface area (Å²) in [5.41, 5.74) is 4.67. The molecule has 0 N–H and O–H groups in total. The highest BCUT2D eigenvalue weighted by atomic mass is 79.9. The van der Waals surface area contributed by atoms with Gasteiger partial charge < -0.3 is 0 Å². The molecule has 0 radical (unpaired) electrons. The maximum atomic E-state index is 4.27. The Balaban J connectivity index is 2.59. The van der Waals surface area contributed by atoms with Crippen molar-refractivity contribution in [3.8, 4) is 11.3 Å². The Morgan fingerprint density at radius 2 is 1.93 bits per heavy atom. The van der Waals surface area contributed by atoms with Crippen LogP contribution >= 0.6 is 15.9 Å². The minimum atomic E-state index is 0.813. The summed E-state index contributed by atoms with van der Waals surface area (Å²) in [7, 11) is 0. The second kappa shape index (κ2) is 4.11. The smallest absolute Gasteiger partial charge is 0.117 e. The number of hydrogen-bond donors (Lipinski definition) is 0. The van der Waals surface area contributed by atoms with Gasteiger partial charge in [-0.3, -0.25) is 0 Å². The predicted octanol–water partition coefficient (Wildman–Crippen LogP) is 3.52. The van der Waals surface area contributed by atoms with Crippen molar-refractivity contribution in [2.24, 2.45) is 0 Å². The minimum Gasteiger partial charge on any atom is -0.236 e. The van der Waals surface area contributed by atoms with E-state index in [-0.39, 0.29) is 0 Å². The van der Waals surface area contributed by atoms with E-state index in [0.717, 1.165) is 15.9 Å². The van der Waals surface area contributed by atoms with E-state index in [0.29, 0.717) is 0 Å². The zero-order valence-electron chi connectivity index (χ0n) is 8.66. The van der Waals surface area contributed by atoms with Crippen LogP contribution in [0.25, 0.3) is 11.3 Å². The van der Waals surface area contributed by atoms with E-state index in [1.165, 1.54) is 11.1 Å². The lowest BCUT2D eigenvalue weighted by Gasteiger charge is -2.07. The molecule has 0 aliphatic carbocycles. The third-order valence-electron chi connectivity index (χ3n) is 2.51. The predicted molar refractivity (Wildman–Crippen MR) is 64.6 cm³/mol. The minimum absolute atomic E-state index is 0.813. The Morgan fingerprint density at radius 1 is 1.13 bits per heavy atom. The van der Waals surface area contributed by atoms with Crippen LogP contribution < -0.4 is 0 Å². The lowest BCUT2D eigenvalue weighted by atomic mass is 10.0. The molecular formula is C12H11BrN2. The number of hydrogen-bond acceptors (Lipinski definition) is 2. The Morgan fingerprint density at radius 3 is 2.67 bits per heavy atom. The zero-order chi connectivity index (χ0) is 10.8. The highest BCUT2D eigenvalue weighted by Crippen LogP contribution is 2.24. The molecule has 2 nitrogen and oxygen atoms in total. The topological polar surface area (TPSA) is 25.8 Å². The van der Waals surface area contributed by atoms with E-state index in [4.69, 9.17) is 0 Å². The average molecular weight is 263 g/mol. The first-order valence-corrected chi connectivity index (χ1v) is 5.52. The van der Waals surface area contributed by atoms with E-state index < -0.39 is 0 Å². The SMILES string of the molecule is Cc1cccc(-c2cc(Br)ncn2)c1C. The molecule has 0 aliphatic heterocycles. The van der Waals surface area contributed by atoms with Crippen LogP contribution in [0.2, 0.25) is 0 Å². The molecule has 1 aromatic heterocycles.